The van der Waals surface area contributed by atoms with Gasteiger partial charge in [-0.25, -0.2) is 14.8 Å². The molecule has 2 aromatic rings. The lowest BCUT2D eigenvalue weighted by molar-refractivity contribution is 0.0696. The minimum absolute atomic E-state index is 0.0324. The van der Waals surface area contributed by atoms with Crippen LogP contribution in [0.1, 0.15) is 23.7 Å². The van der Waals surface area contributed by atoms with Gasteiger partial charge in [0.25, 0.3) is 0 Å². The van der Waals surface area contributed by atoms with Crippen LogP contribution in [0.25, 0.3) is 11.4 Å². The van der Waals surface area contributed by atoms with E-state index in [4.69, 9.17) is 15.1 Å². The van der Waals surface area contributed by atoms with Crippen molar-refractivity contribution >= 4 is 5.97 Å². The highest BCUT2D eigenvalue weighted by Gasteiger charge is 2.11. The largest absolute Gasteiger partial charge is 0.493 e. The van der Waals surface area contributed by atoms with E-state index in [0.717, 1.165) is 0 Å². The Morgan fingerprint density at radius 1 is 1.36 bits per heavy atom. The zero-order valence-electron chi connectivity index (χ0n) is 12.1. The third-order valence-electron chi connectivity index (χ3n) is 3.06. The molecule has 0 saturated carbocycles. The molecular weight excluding hydrogens is 282 g/mol. The van der Waals surface area contributed by atoms with Crippen LogP contribution in [-0.4, -0.2) is 27.7 Å². The van der Waals surface area contributed by atoms with Crippen molar-refractivity contribution in [1.82, 2.24) is 9.97 Å². The molecule has 0 aliphatic rings. The summed E-state index contributed by atoms with van der Waals surface area (Å²) in [5.74, 6) is -0.135. The van der Waals surface area contributed by atoms with E-state index in [-0.39, 0.29) is 11.5 Å². The average Bonchev–Trinajstić information content (AvgIpc) is 2.55. The zero-order valence-corrected chi connectivity index (χ0v) is 12.1. The van der Waals surface area contributed by atoms with Crippen LogP contribution in [0.2, 0.25) is 0 Å². The maximum Gasteiger partial charge on any atom is 0.338 e. The second kappa shape index (κ2) is 7.18. The highest BCUT2D eigenvalue weighted by atomic mass is 16.5. The molecule has 0 amide bonds. The van der Waals surface area contributed by atoms with Gasteiger partial charge in [-0.05, 0) is 25.5 Å². The highest BCUT2D eigenvalue weighted by molar-refractivity contribution is 5.87. The molecule has 22 heavy (non-hydrogen) atoms. The van der Waals surface area contributed by atoms with Crippen molar-refractivity contribution in [2.75, 3.05) is 6.61 Å². The predicted octanol–water partition coefficient (Wildman–Crippen LogP) is 2.77. The van der Waals surface area contributed by atoms with Crippen LogP contribution in [0.3, 0.4) is 0 Å². The van der Waals surface area contributed by atoms with Gasteiger partial charge < -0.3 is 9.84 Å². The number of carboxylic acid groups (broad SMARTS) is 1. The number of nitrogens with zero attached hydrogens (tertiary/aromatic N) is 3. The number of carbonyl (C=O) groups is 1. The molecule has 0 fully saturated rings. The van der Waals surface area contributed by atoms with Gasteiger partial charge in [0.15, 0.2) is 5.82 Å². The van der Waals surface area contributed by atoms with Gasteiger partial charge in [0.1, 0.15) is 5.75 Å². The Morgan fingerprint density at radius 3 is 2.68 bits per heavy atom. The van der Waals surface area contributed by atoms with E-state index in [9.17, 15) is 4.79 Å². The van der Waals surface area contributed by atoms with E-state index >= 15 is 0 Å². The second-order valence-electron chi connectivity index (χ2n) is 4.76. The van der Waals surface area contributed by atoms with Crippen LogP contribution in [0, 0.1) is 17.2 Å². The molecule has 0 aliphatic heterocycles. The van der Waals surface area contributed by atoms with E-state index in [1.165, 1.54) is 12.4 Å². The molecule has 6 heteroatoms. The van der Waals surface area contributed by atoms with Gasteiger partial charge in [0.2, 0.25) is 0 Å². The summed E-state index contributed by atoms with van der Waals surface area (Å²) >= 11 is 0. The summed E-state index contributed by atoms with van der Waals surface area (Å²) in [6.45, 7) is 2.25. The Morgan fingerprint density at radius 2 is 2.05 bits per heavy atom. The molecule has 112 valence electrons. The van der Waals surface area contributed by atoms with Gasteiger partial charge in [-0.1, -0.05) is 12.1 Å². The molecule has 0 spiro atoms. The molecule has 1 heterocycles. The van der Waals surface area contributed by atoms with E-state index < -0.39 is 5.97 Å². The normalized spacial score (nSPS) is 11.5. The fraction of sp³-hybridized carbons (Fsp3) is 0.250. The standard InChI is InChI=1S/C16H15N3O3/c1-11(8-17)6-7-22-14-5-3-2-4-13(14)15-18-9-12(10-19-15)16(20)21/h2-5,9-11H,6-7H2,1H3,(H,20,21). The van der Waals surface area contributed by atoms with Crippen molar-refractivity contribution in [3.8, 4) is 23.2 Å². The lowest BCUT2D eigenvalue weighted by Crippen LogP contribution is -2.04. The van der Waals surface area contributed by atoms with Gasteiger partial charge in [-0.15, -0.1) is 0 Å². The number of aromatic nitrogens is 2. The summed E-state index contributed by atoms with van der Waals surface area (Å²) in [4.78, 5) is 19.0. The Hall–Kier alpha value is -2.94. The van der Waals surface area contributed by atoms with Crippen LogP contribution in [-0.2, 0) is 0 Å². The summed E-state index contributed by atoms with van der Waals surface area (Å²) in [6.07, 6.45) is 3.15. The van der Waals surface area contributed by atoms with Crippen molar-refractivity contribution in [3.63, 3.8) is 0 Å². The Bertz CT molecular complexity index is 693. The van der Waals surface area contributed by atoms with Crippen LogP contribution < -0.4 is 4.74 Å². The fourth-order valence-electron chi connectivity index (χ4n) is 1.77. The van der Waals surface area contributed by atoms with E-state index in [1.54, 1.807) is 12.1 Å². The fourth-order valence-corrected chi connectivity index (χ4v) is 1.77. The van der Waals surface area contributed by atoms with Crippen molar-refractivity contribution in [2.24, 2.45) is 5.92 Å². The molecule has 6 nitrogen and oxygen atoms in total. The number of hydrogen-bond acceptors (Lipinski definition) is 5. The molecule has 1 aromatic carbocycles. The lowest BCUT2D eigenvalue weighted by atomic mass is 10.1. The average molecular weight is 297 g/mol. The van der Waals surface area contributed by atoms with Crippen molar-refractivity contribution in [2.45, 2.75) is 13.3 Å². The number of aromatic carboxylic acids is 1. The van der Waals surface area contributed by atoms with Crippen LogP contribution in [0.5, 0.6) is 5.75 Å². The summed E-state index contributed by atoms with van der Waals surface area (Å²) in [5.41, 5.74) is 0.717. The molecule has 1 aromatic heterocycles. The first-order valence-electron chi connectivity index (χ1n) is 6.79. The summed E-state index contributed by atoms with van der Waals surface area (Å²) in [6, 6.07) is 9.41. The van der Waals surface area contributed by atoms with Gasteiger partial charge in [0, 0.05) is 18.3 Å². The van der Waals surface area contributed by atoms with E-state index in [1.807, 2.05) is 19.1 Å². The topological polar surface area (TPSA) is 96.1 Å². The summed E-state index contributed by atoms with van der Waals surface area (Å²) < 4.78 is 5.69. The van der Waals surface area contributed by atoms with Crippen molar-refractivity contribution in [3.05, 3.63) is 42.2 Å². The van der Waals surface area contributed by atoms with Crippen LogP contribution >= 0.6 is 0 Å². The minimum Gasteiger partial charge on any atom is -0.493 e. The molecule has 1 atom stereocenters. The molecule has 1 N–H and O–H groups in total. The van der Waals surface area contributed by atoms with E-state index in [2.05, 4.69) is 16.0 Å². The predicted molar refractivity (Wildman–Crippen MR) is 79.3 cm³/mol. The maximum absolute atomic E-state index is 10.8. The SMILES string of the molecule is CC(C#N)CCOc1ccccc1-c1ncc(C(=O)O)cn1. The number of nitriles is 1. The van der Waals surface area contributed by atoms with E-state index in [0.29, 0.717) is 30.2 Å². The van der Waals surface area contributed by atoms with Crippen LogP contribution in [0.4, 0.5) is 0 Å². The van der Waals surface area contributed by atoms with Crippen molar-refractivity contribution in [1.29, 1.82) is 5.26 Å². The molecule has 0 saturated heterocycles. The maximum atomic E-state index is 10.8. The minimum atomic E-state index is -1.07. The highest BCUT2D eigenvalue weighted by Crippen LogP contribution is 2.27. The molecule has 0 bridgehead atoms. The molecule has 1 unspecified atom stereocenters. The number of benzene rings is 1. The van der Waals surface area contributed by atoms with Crippen molar-refractivity contribution < 1.29 is 14.6 Å². The number of ether oxygens (including phenoxy) is 1. The lowest BCUT2D eigenvalue weighted by Gasteiger charge is -2.11. The van der Waals surface area contributed by atoms with Gasteiger partial charge in [0.05, 0.1) is 23.8 Å². The molecule has 0 aliphatic carbocycles. The quantitative estimate of drug-likeness (QED) is 0.880. The third kappa shape index (κ3) is 3.79. The Kier molecular flexibility index (Phi) is 5.04. The van der Waals surface area contributed by atoms with Gasteiger partial charge in [-0.2, -0.15) is 5.26 Å². The first-order valence-corrected chi connectivity index (χ1v) is 6.79. The Labute approximate surface area is 128 Å². The number of para-hydroxylation sites is 1. The number of hydrogen-bond donors (Lipinski definition) is 1. The molecule has 2 rings (SSSR count). The molecular formula is C16H15N3O3. The summed E-state index contributed by atoms with van der Waals surface area (Å²) in [5, 5.41) is 17.6. The zero-order chi connectivity index (χ0) is 15.9. The first-order chi connectivity index (χ1) is 10.6. The molecule has 0 radical (unpaired) electrons. The third-order valence-corrected chi connectivity index (χ3v) is 3.06. The van der Waals surface area contributed by atoms with Gasteiger partial charge >= 0.3 is 5.97 Å². The van der Waals surface area contributed by atoms with Crippen LogP contribution in [0.15, 0.2) is 36.7 Å². The van der Waals surface area contributed by atoms with Gasteiger partial charge in [-0.3, -0.25) is 0 Å². The smallest absolute Gasteiger partial charge is 0.338 e. The number of rotatable bonds is 6. The monoisotopic (exact) mass is 297 g/mol. The summed E-state index contributed by atoms with van der Waals surface area (Å²) in [7, 11) is 0. The second-order valence-corrected chi connectivity index (χ2v) is 4.76. The Balaban J connectivity index is 2.17. The number of carboxylic acids is 1. The first kappa shape index (κ1) is 15.4.